The molecule has 1 amide bonds. The minimum atomic E-state index is -0.850. The maximum absolute atomic E-state index is 13.6. The molecule has 3 aromatic carbocycles. The second-order valence-electron chi connectivity index (χ2n) is 8.14. The lowest BCUT2D eigenvalue weighted by atomic mass is 9.95. The van der Waals surface area contributed by atoms with E-state index in [1.807, 2.05) is 30.3 Å². The van der Waals surface area contributed by atoms with Crippen LogP contribution in [-0.2, 0) is 16.0 Å². The predicted molar refractivity (Wildman–Crippen MR) is 123 cm³/mol. The number of aliphatic hydroxyl groups excluding tert-OH is 1. The van der Waals surface area contributed by atoms with Gasteiger partial charge in [-0.15, -0.1) is 0 Å². The van der Waals surface area contributed by atoms with Crippen molar-refractivity contribution in [2.24, 2.45) is 0 Å². The molecule has 6 nitrogen and oxygen atoms in total. The molecule has 1 saturated heterocycles. The van der Waals surface area contributed by atoms with Crippen LogP contribution in [0.25, 0.3) is 5.76 Å². The van der Waals surface area contributed by atoms with Gasteiger partial charge in [0.1, 0.15) is 24.8 Å². The van der Waals surface area contributed by atoms with E-state index >= 15 is 0 Å². The van der Waals surface area contributed by atoms with Gasteiger partial charge >= 0.3 is 0 Å². The van der Waals surface area contributed by atoms with E-state index in [-0.39, 0.29) is 17.9 Å². The fourth-order valence-corrected chi connectivity index (χ4v) is 4.34. The number of hydrogen-bond acceptors (Lipinski definition) is 5. The molecule has 172 valence electrons. The highest BCUT2D eigenvalue weighted by Crippen LogP contribution is 2.41. The number of hydrogen-bond donors (Lipinski definition) is 1. The van der Waals surface area contributed by atoms with Gasteiger partial charge in [-0.2, -0.15) is 0 Å². The fourth-order valence-electron chi connectivity index (χ4n) is 4.34. The Morgan fingerprint density at radius 1 is 0.941 bits per heavy atom. The van der Waals surface area contributed by atoms with E-state index in [2.05, 4.69) is 0 Å². The van der Waals surface area contributed by atoms with Gasteiger partial charge in [0.2, 0.25) is 0 Å². The Labute approximate surface area is 195 Å². The van der Waals surface area contributed by atoms with Gasteiger partial charge in [0, 0.05) is 12.1 Å². The van der Waals surface area contributed by atoms with Crippen molar-refractivity contribution in [1.82, 2.24) is 4.90 Å². The smallest absolute Gasteiger partial charge is 0.295 e. The number of nitrogens with zero attached hydrogens (tertiary/aromatic N) is 1. The molecule has 0 saturated carbocycles. The van der Waals surface area contributed by atoms with Crippen molar-refractivity contribution in [2.75, 3.05) is 19.8 Å². The summed E-state index contributed by atoms with van der Waals surface area (Å²) in [6.45, 7) is 1.06. The highest BCUT2D eigenvalue weighted by atomic mass is 19.1. The van der Waals surface area contributed by atoms with E-state index in [0.717, 1.165) is 5.56 Å². The number of likely N-dealkylation sites (tertiary alicyclic amines) is 1. The van der Waals surface area contributed by atoms with Gasteiger partial charge in [-0.25, -0.2) is 4.39 Å². The number of fused-ring (bicyclic) bond motifs is 1. The number of Topliss-reactive ketones (excluding diaryl/α,β-unsaturated/α-hetero) is 1. The summed E-state index contributed by atoms with van der Waals surface area (Å²) in [7, 11) is 0. The van der Waals surface area contributed by atoms with Crippen LogP contribution in [-0.4, -0.2) is 41.5 Å². The van der Waals surface area contributed by atoms with E-state index in [9.17, 15) is 19.1 Å². The fraction of sp³-hybridized carbons (Fsp3) is 0.185. The van der Waals surface area contributed by atoms with Crippen LogP contribution in [0.5, 0.6) is 11.5 Å². The van der Waals surface area contributed by atoms with Gasteiger partial charge in [0.05, 0.1) is 11.6 Å². The topological polar surface area (TPSA) is 76.1 Å². The van der Waals surface area contributed by atoms with E-state index in [1.165, 1.54) is 29.2 Å². The quantitative estimate of drug-likeness (QED) is 0.351. The number of aliphatic hydroxyl groups is 1. The minimum Gasteiger partial charge on any atom is -0.507 e. The molecule has 3 aromatic rings. The summed E-state index contributed by atoms with van der Waals surface area (Å²) < 4.78 is 24.8. The highest BCUT2D eigenvalue weighted by Gasteiger charge is 2.45. The van der Waals surface area contributed by atoms with E-state index in [0.29, 0.717) is 42.3 Å². The normalized spacial score (nSPS) is 18.9. The van der Waals surface area contributed by atoms with Crippen LogP contribution in [0.15, 0.2) is 78.4 Å². The maximum atomic E-state index is 13.6. The number of ether oxygens (including phenoxy) is 2. The molecular weight excluding hydrogens is 437 g/mol. The first kappa shape index (κ1) is 21.7. The SMILES string of the molecule is O=C1C(=O)N(CCc2ccccc2)C(c2ccc(F)cc2)/C1=C(/O)c1ccc2c(c1)OCCO2. The summed E-state index contributed by atoms with van der Waals surface area (Å²) in [5, 5.41) is 11.2. The summed E-state index contributed by atoms with van der Waals surface area (Å²) in [4.78, 5) is 27.6. The highest BCUT2D eigenvalue weighted by molar-refractivity contribution is 6.46. The van der Waals surface area contributed by atoms with Crippen molar-refractivity contribution in [1.29, 1.82) is 0 Å². The molecule has 0 spiro atoms. The Kier molecular flexibility index (Phi) is 5.76. The Morgan fingerprint density at radius 2 is 1.65 bits per heavy atom. The maximum Gasteiger partial charge on any atom is 0.295 e. The molecule has 2 aliphatic heterocycles. The molecule has 2 aliphatic rings. The predicted octanol–water partition coefficient (Wildman–Crippen LogP) is 4.26. The average Bonchev–Trinajstić information content (AvgIpc) is 3.12. The first-order valence-corrected chi connectivity index (χ1v) is 11.0. The van der Waals surface area contributed by atoms with E-state index < -0.39 is 23.5 Å². The Hall–Kier alpha value is -4.13. The monoisotopic (exact) mass is 459 g/mol. The number of carbonyl (C=O) groups excluding carboxylic acids is 2. The average molecular weight is 459 g/mol. The van der Waals surface area contributed by atoms with Gasteiger partial charge in [0.15, 0.2) is 11.5 Å². The molecule has 34 heavy (non-hydrogen) atoms. The van der Waals surface area contributed by atoms with Crippen molar-refractivity contribution < 1.29 is 28.6 Å². The number of benzene rings is 3. The molecule has 7 heteroatoms. The zero-order valence-electron chi connectivity index (χ0n) is 18.2. The van der Waals surface area contributed by atoms with Crippen molar-refractivity contribution >= 4 is 17.4 Å². The number of amides is 1. The van der Waals surface area contributed by atoms with Crippen LogP contribution >= 0.6 is 0 Å². The first-order chi connectivity index (χ1) is 16.5. The van der Waals surface area contributed by atoms with Gasteiger partial charge in [0.25, 0.3) is 11.7 Å². The third-order valence-electron chi connectivity index (χ3n) is 6.03. The van der Waals surface area contributed by atoms with Crippen LogP contribution in [0, 0.1) is 5.82 Å². The summed E-state index contributed by atoms with van der Waals surface area (Å²) in [5.41, 5.74) is 1.83. The molecule has 5 rings (SSSR count). The summed E-state index contributed by atoms with van der Waals surface area (Å²) in [6.07, 6.45) is 0.523. The molecule has 1 fully saturated rings. The lowest BCUT2D eigenvalue weighted by molar-refractivity contribution is -0.139. The van der Waals surface area contributed by atoms with Gasteiger partial charge < -0.3 is 19.5 Å². The molecular formula is C27H22FNO5. The molecule has 0 bridgehead atoms. The lowest BCUT2D eigenvalue weighted by Crippen LogP contribution is -2.31. The van der Waals surface area contributed by atoms with Crippen LogP contribution in [0.4, 0.5) is 4.39 Å². The van der Waals surface area contributed by atoms with Gasteiger partial charge in [-0.3, -0.25) is 9.59 Å². The van der Waals surface area contributed by atoms with Crippen molar-refractivity contribution in [3.63, 3.8) is 0 Å². The third-order valence-corrected chi connectivity index (χ3v) is 6.03. The molecule has 0 radical (unpaired) electrons. The molecule has 0 aliphatic carbocycles. The van der Waals surface area contributed by atoms with Gasteiger partial charge in [-0.05, 0) is 47.9 Å². The number of carbonyl (C=O) groups is 2. The molecule has 0 aromatic heterocycles. The Balaban J connectivity index is 1.57. The van der Waals surface area contributed by atoms with Crippen molar-refractivity contribution in [3.8, 4) is 11.5 Å². The van der Waals surface area contributed by atoms with Crippen LogP contribution < -0.4 is 9.47 Å². The van der Waals surface area contributed by atoms with Crippen LogP contribution in [0.1, 0.15) is 22.7 Å². The largest absolute Gasteiger partial charge is 0.507 e. The van der Waals surface area contributed by atoms with E-state index in [1.54, 1.807) is 18.2 Å². The third kappa shape index (κ3) is 4.01. The molecule has 1 unspecified atom stereocenters. The van der Waals surface area contributed by atoms with Crippen molar-refractivity contribution in [2.45, 2.75) is 12.5 Å². The summed E-state index contributed by atoms with van der Waals surface area (Å²) in [6, 6.07) is 19.2. The van der Waals surface area contributed by atoms with Crippen LogP contribution in [0.2, 0.25) is 0 Å². The first-order valence-electron chi connectivity index (χ1n) is 11.0. The van der Waals surface area contributed by atoms with Crippen LogP contribution in [0.3, 0.4) is 0 Å². The van der Waals surface area contributed by atoms with Crippen molar-refractivity contribution in [3.05, 3.63) is 101 Å². The zero-order chi connectivity index (χ0) is 23.7. The second kappa shape index (κ2) is 9.02. The molecule has 2 heterocycles. The zero-order valence-corrected chi connectivity index (χ0v) is 18.2. The second-order valence-corrected chi connectivity index (χ2v) is 8.14. The Morgan fingerprint density at radius 3 is 2.38 bits per heavy atom. The number of halogens is 1. The summed E-state index contributed by atoms with van der Waals surface area (Å²) in [5.74, 6) is -1.24. The molecule has 1 atom stereocenters. The molecule has 1 N–H and O–H groups in total. The minimum absolute atomic E-state index is 0.0404. The number of rotatable bonds is 5. The standard InChI is InChI=1S/C27H22FNO5/c28-20-9-6-18(7-10-20)24-23(25(30)19-8-11-21-22(16-19)34-15-14-33-21)26(31)27(32)29(24)13-12-17-4-2-1-3-5-17/h1-11,16,24,30H,12-15H2/b25-23-. The Bertz CT molecular complexity index is 1270. The summed E-state index contributed by atoms with van der Waals surface area (Å²) >= 11 is 0. The number of ketones is 1. The van der Waals surface area contributed by atoms with E-state index in [4.69, 9.17) is 9.47 Å². The van der Waals surface area contributed by atoms with Gasteiger partial charge in [-0.1, -0.05) is 42.5 Å². The lowest BCUT2D eigenvalue weighted by Gasteiger charge is -2.25.